The lowest BCUT2D eigenvalue weighted by Gasteiger charge is -2.29. The molecule has 25 heavy (non-hydrogen) atoms. The van der Waals surface area contributed by atoms with Crippen LogP contribution in [-0.4, -0.2) is 36.9 Å². The van der Waals surface area contributed by atoms with E-state index < -0.39 is 0 Å². The minimum absolute atomic E-state index is 0.0318. The van der Waals surface area contributed by atoms with Gasteiger partial charge in [0.1, 0.15) is 0 Å². The summed E-state index contributed by atoms with van der Waals surface area (Å²) in [6.45, 7) is 5.63. The lowest BCUT2D eigenvalue weighted by atomic mass is 9.93. The van der Waals surface area contributed by atoms with Gasteiger partial charge in [0.25, 0.3) is 11.8 Å². The molecule has 2 aromatic rings. The van der Waals surface area contributed by atoms with Crippen LogP contribution < -0.4 is 11.1 Å². The Kier molecular flexibility index (Phi) is 6.33. The molecular weight excluding hydrogens is 334 g/mol. The van der Waals surface area contributed by atoms with E-state index in [1.165, 1.54) is 11.3 Å². The first-order valence-corrected chi connectivity index (χ1v) is 9.06. The highest BCUT2D eigenvalue weighted by Gasteiger charge is 2.21. The number of thiophene rings is 1. The van der Waals surface area contributed by atoms with Crippen molar-refractivity contribution in [2.75, 3.05) is 20.1 Å². The highest BCUT2D eigenvalue weighted by molar-refractivity contribution is 7.12. The number of hydrogen-bond acceptors (Lipinski definition) is 4. The van der Waals surface area contributed by atoms with Crippen LogP contribution in [0.1, 0.15) is 39.4 Å². The number of carbonyl (C=O) groups excluding carboxylic acids is 2. The second kappa shape index (κ2) is 8.27. The summed E-state index contributed by atoms with van der Waals surface area (Å²) in [6.07, 6.45) is 0. The number of hydrogen-bond donors (Lipinski definition) is 2. The second-order valence-corrected chi connectivity index (χ2v) is 7.83. The molecule has 0 unspecified atom stereocenters. The molecule has 1 aromatic heterocycles. The summed E-state index contributed by atoms with van der Waals surface area (Å²) >= 11 is 1.41. The molecule has 5 nitrogen and oxygen atoms in total. The minimum atomic E-state index is -0.115. The summed E-state index contributed by atoms with van der Waals surface area (Å²) in [6, 6.07) is 11.0. The summed E-state index contributed by atoms with van der Waals surface area (Å²) in [4.78, 5) is 26.8. The Morgan fingerprint density at radius 2 is 1.88 bits per heavy atom. The van der Waals surface area contributed by atoms with Crippen LogP contribution in [0.3, 0.4) is 0 Å². The molecule has 134 valence electrons. The van der Waals surface area contributed by atoms with Gasteiger partial charge in [0.2, 0.25) is 0 Å². The summed E-state index contributed by atoms with van der Waals surface area (Å²) in [5, 5.41) is 4.75. The van der Waals surface area contributed by atoms with Gasteiger partial charge in [-0.05, 0) is 41.1 Å². The minimum Gasteiger partial charge on any atom is -0.347 e. The Morgan fingerprint density at radius 3 is 2.44 bits per heavy atom. The highest BCUT2D eigenvalue weighted by atomic mass is 32.1. The van der Waals surface area contributed by atoms with E-state index in [0.29, 0.717) is 30.1 Å². The molecule has 0 radical (unpaired) electrons. The summed E-state index contributed by atoms with van der Waals surface area (Å²) in [5.74, 6) is -0.116. The topological polar surface area (TPSA) is 75.4 Å². The maximum Gasteiger partial charge on any atom is 0.261 e. The van der Waals surface area contributed by atoms with Gasteiger partial charge in [-0.2, -0.15) is 0 Å². The van der Waals surface area contributed by atoms with Crippen molar-refractivity contribution in [3.8, 4) is 0 Å². The number of nitrogens with two attached hydrogens (primary N) is 1. The third kappa shape index (κ3) is 5.41. The molecule has 0 spiro atoms. The van der Waals surface area contributed by atoms with Crippen LogP contribution in [-0.2, 0) is 6.54 Å². The SMILES string of the molecule is CN(CC(C)(C)CN)C(=O)c1ccc(CNC(=O)c2cccs2)cc1. The summed E-state index contributed by atoms with van der Waals surface area (Å²) in [7, 11) is 1.79. The van der Waals surface area contributed by atoms with Crippen molar-refractivity contribution < 1.29 is 9.59 Å². The predicted molar refractivity (Wildman–Crippen MR) is 102 cm³/mol. The van der Waals surface area contributed by atoms with E-state index in [1.54, 1.807) is 30.1 Å². The molecule has 3 N–H and O–H groups in total. The fraction of sp³-hybridized carbons (Fsp3) is 0.368. The standard InChI is InChI=1S/C19H25N3O2S/c1-19(2,12-20)13-22(3)18(24)15-8-6-14(7-9-15)11-21-17(23)16-5-4-10-25-16/h4-10H,11-13,20H2,1-3H3,(H,21,23). The Bertz CT molecular complexity index is 709. The first kappa shape index (κ1) is 19.1. The van der Waals surface area contributed by atoms with E-state index in [2.05, 4.69) is 5.32 Å². The molecule has 6 heteroatoms. The van der Waals surface area contributed by atoms with Gasteiger partial charge in [0.15, 0.2) is 0 Å². The Hall–Kier alpha value is -2.18. The van der Waals surface area contributed by atoms with Crippen molar-refractivity contribution in [1.29, 1.82) is 0 Å². The fourth-order valence-electron chi connectivity index (χ4n) is 2.44. The largest absolute Gasteiger partial charge is 0.347 e. The molecular formula is C19H25N3O2S. The van der Waals surface area contributed by atoms with Gasteiger partial charge in [-0.25, -0.2) is 0 Å². The number of benzene rings is 1. The molecule has 0 bridgehead atoms. The van der Waals surface area contributed by atoms with Gasteiger partial charge in [-0.1, -0.05) is 32.0 Å². The lowest BCUT2D eigenvalue weighted by molar-refractivity contribution is 0.0740. The van der Waals surface area contributed by atoms with Crippen LogP contribution in [0.5, 0.6) is 0 Å². The van der Waals surface area contributed by atoms with E-state index in [0.717, 1.165) is 5.56 Å². The van der Waals surface area contributed by atoms with E-state index in [4.69, 9.17) is 5.73 Å². The van der Waals surface area contributed by atoms with Crippen molar-refractivity contribution in [2.24, 2.45) is 11.1 Å². The molecule has 2 amide bonds. The molecule has 0 saturated carbocycles. The van der Waals surface area contributed by atoms with E-state index in [1.807, 2.05) is 37.4 Å². The molecule has 1 aromatic carbocycles. The average Bonchev–Trinajstić information content (AvgIpc) is 3.14. The monoisotopic (exact) mass is 359 g/mol. The molecule has 0 atom stereocenters. The van der Waals surface area contributed by atoms with Crippen molar-refractivity contribution in [3.05, 3.63) is 57.8 Å². The van der Waals surface area contributed by atoms with Gasteiger partial charge in [0.05, 0.1) is 4.88 Å². The zero-order valence-corrected chi connectivity index (χ0v) is 15.7. The zero-order valence-electron chi connectivity index (χ0n) is 14.9. The number of amides is 2. The third-order valence-corrected chi connectivity index (χ3v) is 4.83. The zero-order chi connectivity index (χ0) is 18.4. The Balaban J connectivity index is 1.92. The maximum absolute atomic E-state index is 12.5. The normalized spacial score (nSPS) is 11.2. The smallest absolute Gasteiger partial charge is 0.261 e. The number of carbonyl (C=O) groups is 2. The van der Waals surface area contributed by atoms with Crippen LogP contribution >= 0.6 is 11.3 Å². The van der Waals surface area contributed by atoms with E-state index in [9.17, 15) is 9.59 Å². The van der Waals surface area contributed by atoms with Gasteiger partial charge in [-0.3, -0.25) is 9.59 Å². The highest BCUT2D eigenvalue weighted by Crippen LogP contribution is 2.16. The summed E-state index contributed by atoms with van der Waals surface area (Å²) in [5.41, 5.74) is 7.20. The number of rotatable bonds is 7. The lowest BCUT2D eigenvalue weighted by Crippen LogP contribution is -2.39. The van der Waals surface area contributed by atoms with Crippen LogP contribution in [0.15, 0.2) is 41.8 Å². The Morgan fingerprint density at radius 1 is 1.20 bits per heavy atom. The van der Waals surface area contributed by atoms with Crippen LogP contribution in [0, 0.1) is 5.41 Å². The van der Waals surface area contributed by atoms with E-state index in [-0.39, 0.29) is 17.2 Å². The van der Waals surface area contributed by atoms with Crippen LogP contribution in [0.2, 0.25) is 0 Å². The molecule has 0 saturated heterocycles. The molecule has 0 aliphatic heterocycles. The maximum atomic E-state index is 12.5. The number of nitrogens with one attached hydrogen (secondary N) is 1. The quantitative estimate of drug-likeness (QED) is 0.798. The Labute approximate surface area is 152 Å². The first-order chi connectivity index (χ1) is 11.8. The van der Waals surface area contributed by atoms with E-state index >= 15 is 0 Å². The fourth-order valence-corrected chi connectivity index (χ4v) is 3.08. The molecule has 0 fully saturated rings. The van der Waals surface area contributed by atoms with Crippen molar-refractivity contribution >= 4 is 23.2 Å². The first-order valence-electron chi connectivity index (χ1n) is 8.18. The van der Waals surface area contributed by atoms with Crippen molar-refractivity contribution in [3.63, 3.8) is 0 Å². The van der Waals surface area contributed by atoms with Gasteiger partial charge in [0, 0.05) is 25.7 Å². The van der Waals surface area contributed by atoms with Crippen molar-refractivity contribution in [2.45, 2.75) is 20.4 Å². The third-order valence-electron chi connectivity index (χ3n) is 3.96. The predicted octanol–water partition coefficient (Wildman–Crippen LogP) is 2.74. The molecule has 0 aliphatic rings. The molecule has 2 rings (SSSR count). The van der Waals surface area contributed by atoms with Crippen LogP contribution in [0.25, 0.3) is 0 Å². The molecule has 0 aliphatic carbocycles. The summed E-state index contributed by atoms with van der Waals surface area (Å²) < 4.78 is 0. The van der Waals surface area contributed by atoms with Gasteiger partial charge >= 0.3 is 0 Å². The molecule has 1 heterocycles. The number of nitrogens with zero attached hydrogens (tertiary/aromatic N) is 1. The van der Waals surface area contributed by atoms with Gasteiger partial charge < -0.3 is 16.0 Å². The second-order valence-electron chi connectivity index (χ2n) is 6.89. The average molecular weight is 359 g/mol. The van der Waals surface area contributed by atoms with Gasteiger partial charge in [-0.15, -0.1) is 11.3 Å². The van der Waals surface area contributed by atoms with Crippen LogP contribution in [0.4, 0.5) is 0 Å². The van der Waals surface area contributed by atoms with Crippen molar-refractivity contribution in [1.82, 2.24) is 10.2 Å².